The van der Waals surface area contributed by atoms with Crippen LogP contribution in [0.5, 0.6) is 0 Å². The van der Waals surface area contributed by atoms with Gasteiger partial charge in [-0.1, -0.05) is 27.7 Å². The van der Waals surface area contributed by atoms with Crippen molar-refractivity contribution in [3.05, 3.63) is 0 Å². The van der Waals surface area contributed by atoms with Crippen molar-refractivity contribution in [1.29, 1.82) is 0 Å². The molecule has 0 aromatic rings. The normalized spacial score (nSPS) is 24.2. The lowest BCUT2D eigenvalue weighted by Gasteiger charge is -2.36. The van der Waals surface area contributed by atoms with Crippen LogP contribution in [0.2, 0.25) is 0 Å². The molecule has 1 heterocycles. The highest BCUT2D eigenvalue weighted by Crippen LogP contribution is 2.31. The molecule has 3 unspecified atom stereocenters. The first-order chi connectivity index (χ1) is 10.3. The van der Waals surface area contributed by atoms with E-state index in [0.717, 1.165) is 0 Å². The number of carboxylic acid groups (broad SMARTS) is 1. The van der Waals surface area contributed by atoms with E-state index >= 15 is 0 Å². The molecule has 8 heteroatoms. The minimum Gasteiger partial charge on any atom is -0.481 e. The van der Waals surface area contributed by atoms with Crippen LogP contribution in [0, 0.1) is 17.3 Å². The van der Waals surface area contributed by atoms with Crippen molar-refractivity contribution in [2.75, 3.05) is 13.1 Å². The molecule has 2 N–H and O–H groups in total. The number of likely N-dealkylation sites (tertiary alicyclic amines) is 1. The number of carboxylic acids is 1. The van der Waals surface area contributed by atoms with Crippen molar-refractivity contribution >= 4 is 12.0 Å². The van der Waals surface area contributed by atoms with E-state index in [0.29, 0.717) is 6.42 Å². The van der Waals surface area contributed by atoms with Gasteiger partial charge in [-0.25, -0.2) is 4.79 Å². The minimum atomic E-state index is -4.55. The summed E-state index contributed by atoms with van der Waals surface area (Å²) in [5, 5.41) is 11.1. The molecule has 0 saturated carbocycles. The highest BCUT2D eigenvalue weighted by Gasteiger charge is 2.44. The molecule has 0 spiro atoms. The summed E-state index contributed by atoms with van der Waals surface area (Å²) >= 11 is 0. The predicted molar refractivity (Wildman–Crippen MR) is 78.9 cm³/mol. The molecule has 23 heavy (non-hydrogen) atoms. The van der Waals surface area contributed by atoms with Gasteiger partial charge in [-0.05, 0) is 24.2 Å². The Labute approximate surface area is 134 Å². The van der Waals surface area contributed by atoms with Gasteiger partial charge >= 0.3 is 18.2 Å². The summed E-state index contributed by atoms with van der Waals surface area (Å²) in [4.78, 5) is 24.5. The number of aliphatic carboxylic acids is 1. The first-order valence-electron chi connectivity index (χ1n) is 7.64. The van der Waals surface area contributed by atoms with Gasteiger partial charge in [-0.2, -0.15) is 13.2 Å². The molecule has 0 radical (unpaired) electrons. The number of amides is 2. The summed E-state index contributed by atoms with van der Waals surface area (Å²) in [5.74, 6) is -1.84. The molecule has 1 saturated heterocycles. The second-order valence-corrected chi connectivity index (χ2v) is 7.59. The number of carbonyl (C=O) groups excluding carboxylic acids is 1. The Morgan fingerprint density at radius 3 is 2.26 bits per heavy atom. The number of halogens is 3. The van der Waals surface area contributed by atoms with Crippen molar-refractivity contribution < 1.29 is 27.9 Å². The largest absolute Gasteiger partial charge is 0.481 e. The quantitative estimate of drug-likeness (QED) is 0.831. The summed E-state index contributed by atoms with van der Waals surface area (Å²) < 4.78 is 39.4. The molecule has 1 aliphatic rings. The number of hydrogen-bond donors (Lipinski definition) is 2. The SMILES string of the molecule is CC1CC(C(=O)O)CN(C(=O)NC(CC(C)(C)C)C(F)(F)F)C1. The van der Waals surface area contributed by atoms with Crippen molar-refractivity contribution in [1.82, 2.24) is 10.2 Å². The van der Waals surface area contributed by atoms with Gasteiger partial charge in [0.2, 0.25) is 0 Å². The zero-order valence-electron chi connectivity index (χ0n) is 13.9. The summed E-state index contributed by atoms with van der Waals surface area (Å²) in [7, 11) is 0. The standard InChI is InChI=1S/C15H25F3N2O3/c1-9-5-10(12(21)22)8-20(7-9)13(23)19-11(15(16,17)18)6-14(2,3)4/h9-11H,5-8H2,1-4H3,(H,19,23)(H,21,22). The average Bonchev–Trinajstić information content (AvgIpc) is 2.34. The minimum absolute atomic E-state index is 0.0639. The second kappa shape index (κ2) is 6.97. The molecule has 0 aromatic carbocycles. The first kappa shape index (κ1) is 19.6. The Morgan fingerprint density at radius 2 is 1.83 bits per heavy atom. The maximum Gasteiger partial charge on any atom is 0.408 e. The zero-order valence-corrected chi connectivity index (χ0v) is 13.9. The molecule has 134 valence electrons. The number of alkyl halides is 3. The van der Waals surface area contributed by atoms with Crippen LogP contribution in [-0.4, -0.2) is 47.3 Å². The number of nitrogens with one attached hydrogen (secondary N) is 1. The number of hydrogen-bond acceptors (Lipinski definition) is 2. The zero-order chi connectivity index (χ0) is 18.0. The summed E-state index contributed by atoms with van der Waals surface area (Å²) in [6, 6.07) is -2.80. The Hall–Kier alpha value is -1.47. The summed E-state index contributed by atoms with van der Waals surface area (Å²) in [6.45, 7) is 6.98. The molecule has 0 aliphatic carbocycles. The van der Waals surface area contributed by atoms with Crippen LogP contribution in [0.15, 0.2) is 0 Å². The Kier molecular flexibility index (Phi) is 5.93. The number of nitrogens with zero attached hydrogens (tertiary/aromatic N) is 1. The summed E-state index contributed by atoms with van der Waals surface area (Å²) in [5.41, 5.74) is -0.605. The molecule has 0 bridgehead atoms. The van der Waals surface area contributed by atoms with E-state index in [9.17, 15) is 22.8 Å². The third-order valence-corrected chi connectivity index (χ3v) is 3.81. The van der Waals surface area contributed by atoms with Crippen molar-refractivity contribution in [2.24, 2.45) is 17.3 Å². The van der Waals surface area contributed by atoms with Crippen LogP contribution in [-0.2, 0) is 4.79 Å². The van der Waals surface area contributed by atoms with Crippen LogP contribution in [0.3, 0.4) is 0 Å². The third-order valence-electron chi connectivity index (χ3n) is 3.81. The average molecular weight is 338 g/mol. The fourth-order valence-corrected chi connectivity index (χ4v) is 2.80. The lowest BCUT2D eigenvalue weighted by molar-refractivity contribution is -0.160. The molecule has 0 aromatic heterocycles. The lowest BCUT2D eigenvalue weighted by atomic mass is 9.87. The second-order valence-electron chi connectivity index (χ2n) is 7.59. The first-order valence-corrected chi connectivity index (χ1v) is 7.64. The molecule has 5 nitrogen and oxygen atoms in total. The lowest BCUT2D eigenvalue weighted by Crippen LogP contribution is -2.55. The van der Waals surface area contributed by atoms with Crippen LogP contribution >= 0.6 is 0 Å². The van der Waals surface area contributed by atoms with E-state index in [4.69, 9.17) is 5.11 Å². The molecule has 1 aliphatic heterocycles. The topological polar surface area (TPSA) is 69.6 Å². The van der Waals surface area contributed by atoms with Gasteiger partial charge in [-0.15, -0.1) is 0 Å². The summed E-state index contributed by atoms with van der Waals surface area (Å²) in [6.07, 6.45) is -4.37. The van der Waals surface area contributed by atoms with Gasteiger partial charge in [0.1, 0.15) is 6.04 Å². The van der Waals surface area contributed by atoms with E-state index in [-0.39, 0.29) is 25.4 Å². The van der Waals surface area contributed by atoms with Crippen molar-refractivity contribution in [3.8, 4) is 0 Å². The highest BCUT2D eigenvalue weighted by molar-refractivity contribution is 5.77. The predicted octanol–water partition coefficient (Wildman–Crippen LogP) is 3.11. The molecular weight excluding hydrogens is 313 g/mol. The fraction of sp³-hybridized carbons (Fsp3) is 0.867. The number of urea groups is 1. The maximum atomic E-state index is 13.1. The molecule has 2 amide bonds. The Balaban J connectivity index is 2.79. The number of piperidine rings is 1. The smallest absolute Gasteiger partial charge is 0.408 e. The van der Waals surface area contributed by atoms with Crippen LogP contribution < -0.4 is 5.32 Å². The van der Waals surface area contributed by atoms with Gasteiger partial charge in [0.15, 0.2) is 0 Å². The van der Waals surface area contributed by atoms with Crippen LogP contribution in [0.25, 0.3) is 0 Å². The van der Waals surface area contributed by atoms with Gasteiger partial charge in [-0.3, -0.25) is 4.79 Å². The van der Waals surface area contributed by atoms with E-state index in [2.05, 4.69) is 0 Å². The van der Waals surface area contributed by atoms with Gasteiger partial charge in [0.05, 0.1) is 5.92 Å². The third kappa shape index (κ3) is 6.27. The molecule has 1 fully saturated rings. The van der Waals surface area contributed by atoms with Crippen LogP contribution in [0.1, 0.15) is 40.5 Å². The van der Waals surface area contributed by atoms with E-state index in [1.165, 1.54) is 4.90 Å². The molecule has 1 rings (SSSR count). The van der Waals surface area contributed by atoms with E-state index in [1.807, 2.05) is 5.32 Å². The van der Waals surface area contributed by atoms with Gasteiger partial charge in [0.25, 0.3) is 0 Å². The van der Waals surface area contributed by atoms with Crippen molar-refractivity contribution in [3.63, 3.8) is 0 Å². The van der Waals surface area contributed by atoms with Gasteiger partial charge < -0.3 is 15.3 Å². The maximum absolute atomic E-state index is 13.1. The molecular formula is C15H25F3N2O3. The van der Waals surface area contributed by atoms with Crippen LogP contribution in [0.4, 0.5) is 18.0 Å². The Morgan fingerprint density at radius 1 is 1.26 bits per heavy atom. The molecule has 3 atom stereocenters. The number of carbonyl (C=O) groups is 2. The van der Waals surface area contributed by atoms with Gasteiger partial charge in [0, 0.05) is 13.1 Å². The highest BCUT2D eigenvalue weighted by atomic mass is 19.4. The monoisotopic (exact) mass is 338 g/mol. The number of rotatable bonds is 3. The fourth-order valence-electron chi connectivity index (χ4n) is 2.80. The van der Waals surface area contributed by atoms with Crippen molar-refractivity contribution in [2.45, 2.75) is 52.8 Å². The van der Waals surface area contributed by atoms with E-state index < -0.39 is 35.6 Å². The Bertz CT molecular complexity index is 446. The van der Waals surface area contributed by atoms with E-state index in [1.54, 1.807) is 27.7 Å².